The lowest BCUT2D eigenvalue weighted by Gasteiger charge is -2.10. The molecule has 200 valence electrons. The quantitative estimate of drug-likeness (QED) is 0.234. The number of hydrogen-bond acceptors (Lipinski definition) is 6. The van der Waals surface area contributed by atoms with Crippen molar-refractivity contribution < 1.29 is 21.6 Å². The van der Waals surface area contributed by atoms with Crippen LogP contribution in [0.3, 0.4) is 0 Å². The highest BCUT2D eigenvalue weighted by molar-refractivity contribution is 7.90. The van der Waals surface area contributed by atoms with Gasteiger partial charge >= 0.3 is 0 Å². The summed E-state index contributed by atoms with van der Waals surface area (Å²) in [4.78, 5) is 16.9. The summed E-state index contributed by atoms with van der Waals surface area (Å²) in [5.74, 6) is -0.179. The number of hydrogen-bond donors (Lipinski definition) is 4. The van der Waals surface area contributed by atoms with Crippen LogP contribution in [0, 0.1) is 0 Å². The summed E-state index contributed by atoms with van der Waals surface area (Å²) in [5.41, 5.74) is 3.55. The molecule has 4 aromatic rings. The predicted octanol–water partition coefficient (Wildman–Crippen LogP) is 2.28. The molecule has 0 fully saturated rings. The van der Waals surface area contributed by atoms with Crippen molar-refractivity contribution >= 4 is 37.5 Å². The molecule has 2 heterocycles. The Hall–Kier alpha value is -3.78. The number of nitrogens with zero attached hydrogens (tertiary/aromatic N) is 2. The minimum absolute atomic E-state index is 0.00829. The van der Waals surface area contributed by atoms with Gasteiger partial charge in [-0.2, -0.15) is 13.1 Å². The van der Waals surface area contributed by atoms with Gasteiger partial charge in [0.1, 0.15) is 5.65 Å². The number of carbonyl (C=O) groups excluding carboxylic acids is 1. The van der Waals surface area contributed by atoms with E-state index < -0.39 is 20.2 Å². The molecule has 0 aliphatic heterocycles. The lowest BCUT2D eigenvalue weighted by atomic mass is 10.1. The van der Waals surface area contributed by atoms with Crippen molar-refractivity contribution in [1.29, 1.82) is 0 Å². The van der Waals surface area contributed by atoms with E-state index in [1.165, 1.54) is 12.1 Å². The third kappa shape index (κ3) is 6.95. The number of amides is 1. The number of rotatable bonds is 10. The number of fused-ring (bicyclic) bond motifs is 1. The predicted molar refractivity (Wildman–Crippen MR) is 145 cm³/mol. The first kappa shape index (κ1) is 27.3. The van der Waals surface area contributed by atoms with E-state index in [-0.39, 0.29) is 23.4 Å². The Morgan fingerprint density at radius 3 is 2.42 bits per heavy atom. The molecule has 13 heteroatoms. The molecule has 11 nitrogen and oxygen atoms in total. The summed E-state index contributed by atoms with van der Waals surface area (Å²) in [6.07, 6.45) is 3.82. The first-order valence-electron chi connectivity index (χ1n) is 11.7. The minimum Gasteiger partial charge on any atom is -0.350 e. The number of nitrogens with one attached hydrogen (secondary N) is 3. The van der Waals surface area contributed by atoms with Crippen molar-refractivity contribution in [3.63, 3.8) is 0 Å². The molecule has 1 amide bonds. The van der Waals surface area contributed by atoms with Crippen LogP contribution in [0.5, 0.6) is 0 Å². The average molecular weight is 557 g/mol. The Morgan fingerprint density at radius 2 is 1.74 bits per heavy atom. The second kappa shape index (κ2) is 10.9. The van der Waals surface area contributed by atoms with E-state index in [9.17, 15) is 21.6 Å². The molecule has 0 spiro atoms. The molecule has 4 rings (SSSR count). The van der Waals surface area contributed by atoms with Gasteiger partial charge in [-0.3, -0.25) is 9.52 Å². The average Bonchev–Trinajstić information content (AvgIpc) is 3.27. The lowest BCUT2D eigenvalue weighted by Crippen LogP contribution is -2.31. The normalized spacial score (nSPS) is 12.1. The van der Waals surface area contributed by atoms with Crippen molar-refractivity contribution in [1.82, 2.24) is 19.4 Å². The molecule has 2 aromatic heterocycles. The maximum absolute atomic E-state index is 12.6. The number of anilines is 1. The Bertz CT molecular complexity index is 1680. The Balaban J connectivity index is 1.42. The highest BCUT2D eigenvalue weighted by Crippen LogP contribution is 2.23. The number of nitrogens with two attached hydrogens (primary N) is 1. The lowest BCUT2D eigenvalue weighted by molar-refractivity contribution is 0.0942. The van der Waals surface area contributed by atoms with Gasteiger partial charge in [0.05, 0.1) is 21.8 Å². The van der Waals surface area contributed by atoms with E-state index in [1.807, 2.05) is 19.9 Å². The number of primary sulfonamides is 1. The minimum atomic E-state index is -3.87. The van der Waals surface area contributed by atoms with Gasteiger partial charge in [-0.15, -0.1) is 0 Å². The van der Waals surface area contributed by atoms with Crippen molar-refractivity contribution in [2.45, 2.75) is 31.2 Å². The van der Waals surface area contributed by atoms with Crippen LogP contribution in [0.1, 0.15) is 29.8 Å². The molecular weight excluding hydrogens is 528 g/mol. The highest BCUT2D eigenvalue weighted by Gasteiger charge is 2.13. The summed E-state index contributed by atoms with van der Waals surface area (Å²) in [7, 11) is -7.65. The molecule has 38 heavy (non-hydrogen) atoms. The fraction of sp³-hybridized carbons (Fsp3) is 0.200. The highest BCUT2D eigenvalue weighted by atomic mass is 32.2. The van der Waals surface area contributed by atoms with Crippen LogP contribution in [0.2, 0.25) is 0 Å². The standard InChI is InChI=1S/C25H28N6O5S2/c1-17(2)28-25(32)20-8-11-24-29-23(16-31(24)15-20)19-4-3-5-21(14-19)30-38(35,36)27-13-12-18-6-9-22(10-7-18)37(26,33)34/h3-11,14-17,27,30H,12-13H2,1-2H3,(H,28,32)(H2,26,33,34). The van der Waals surface area contributed by atoms with Gasteiger partial charge in [0, 0.05) is 30.5 Å². The maximum Gasteiger partial charge on any atom is 0.299 e. The summed E-state index contributed by atoms with van der Waals surface area (Å²) in [6, 6.07) is 16.2. The van der Waals surface area contributed by atoms with E-state index in [1.54, 1.807) is 59.3 Å². The van der Waals surface area contributed by atoms with E-state index in [0.717, 1.165) is 5.56 Å². The first-order chi connectivity index (χ1) is 17.9. The molecular formula is C25H28N6O5S2. The van der Waals surface area contributed by atoms with Gasteiger partial charge in [-0.25, -0.2) is 18.5 Å². The second-order valence-corrected chi connectivity index (χ2v) is 12.0. The first-order valence-corrected chi connectivity index (χ1v) is 14.7. The number of carbonyl (C=O) groups is 1. The molecule has 0 saturated heterocycles. The fourth-order valence-corrected chi connectivity index (χ4v) is 5.12. The molecule has 0 bridgehead atoms. The van der Waals surface area contributed by atoms with Gasteiger partial charge in [-0.1, -0.05) is 24.3 Å². The zero-order chi connectivity index (χ0) is 27.5. The number of benzene rings is 2. The maximum atomic E-state index is 12.6. The van der Waals surface area contributed by atoms with Crippen LogP contribution < -0.4 is 19.9 Å². The zero-order valence-corrected chi connectivity index (χ0v) is 22.4. The van der Waals surface area contributed by atoms with E-state index >= 15 is 0 Å². The van der Waals surface area contributed by atoms with Crippen LogP contribution in [0.25, 0.3) is 16.9 Å². The smallest absolute Gasteiger partial charge is 0.299 e. The van der Waals surface area contributed by atoms with Gasteiger partial charge in [0.25, 0.3) is 16.1 Å². The van der Waals surface area contributed by atoms with E-state index in [0.29, 0.717) is 34.6 Å². The summed E-state index contributed by atoms with van der Waals surface area (Å²) >= 11 is 0. The van der Waals surface area contributed by atoms with Gasteiger partial charge in [0.15, 0.2) is 0 Å². The third-order valence-electron chi connectivity index (χ3n) is 5.50. The Kier molecular flexibility index (Phi) is 7.83. The Labute approximate surface area is 221 Å². The summed E-state index contributed by atoms with van der Waals surface area (Å²) in [6.45, 7) is 3.88. The topological polar surface area (TPSA) is 165 Å². The molecule has 5 N–H and O–H groups in total. The van der Waals surface area contributed by atoms with Crippen molar-refractivity contribution in [2.75, 3.05) is 11.3 Å². The number of aromatic nitrogens is 2. The molecule has 2 aromatic carbocycles. The SMILES string of the molecule is CC(C)NC(=O)c1ccc2nc(-c3cccc(NS(=O)(=O)NCCc4ccc(S(N)(=O)=O)cc4)c3)cn2c1. The van der Waals surface area contributed by atoms with Crippen molar-refractivity contribution in [2.24, 2.45) is 5.14 Å². The van der Waals surface area contributed by atoms with Crippen LogP contribution in [0.15, 0.2) is 78.0 Å². The largest absolute Gasteiger partial charge is 0.350 e. The van der Waals surface area contributed by atoms with Crippen LogP contribution in [-0.4, -0.2) is 44.7 Å². The monoisotopic (exact) mass is 556 g/mol. The summed E-state index contributed by atoms with van der Waals surface area (Å²) < 4.78 is 54.6. The molecule has 0 radical (unpaired) electrons. The van der Waals surface area contributed by atoms with Crippen molar-refractivity contribution in [3.8, 4) is 11.3 Å². The zero-order valence-electron chi connectivity index (χ0n) is 20.7. The van der Waals surface area contributed by atoms with Crippen LogP contribution in [0.4, 0.5) is 5.69 Å². The van der Waals surface area contributed by atoms with E-state index in [4.69, 9.17) is 5.14 Å². The number of pyridine rings is 1. The number of imidazole rings is 1. The molecule has 0 saturated carbocycles. The molecule has 0 aliphatic rings. The number of sulfonamides is 1. The third-order valence-corrected chi connectivity index (χ3v) is 7.52. The summed E-state index contributed by atoms with van der Waals surface area (Å²) in [5, 5.41) is 7.94. The Morgan fingerprint density at radius 1 is 1.00 bits per heavy atom. The molecule has 0 atom stereocenters. The van der Waals surface area contributed by atoms with E-state index in [2.05, 4.69) is 19.7 Å². The molecule has 0 aliphatic carbocycles. The van der Waals surface area contributed by atoms with Crippen molar-refractivity contribution in [3.05, 3.63) is 84.2 Å². The molecule has 0 unspecified atom stereocenters. The van der Waals surface area contributed by atoms with Gasteiger partial charge < -0.3 is 9.72 Å². The van der Waals surface area contributed by atoms with Gasteiger partial charge in [0.2, 0.25) is 10.0 Å². The van der Waals surface area contributed by atoms with Gasteiger partial charge in [-0.05, 0) is 62.2 Å². The van der Waals surface area contributed by atoms with Crippen LogP contribution in [-0.2, 0) is 26.7 Å². The second-order valence-electron chi connectivity index (χ2n) is 8.96. The fourth-order valence-electron chi connectivity index (χ4n) is 3.72. The van der Waals surface area contributed by atoms with Crippen LogP contribution >= 0.6 is 0 Å².